The van der Waals surface area contributed by atoms with Crippen LogP contribution >= 0.6 is 0 Å². The summed E-state index contributed by atoms with van der Waals surface area (Å²) in [6.07, 6.45) is 0. The molecule has 0 bridgehead atoms. The molecule has 1 heterocycles. The van der Waals surface area contributed by atoms with Gasteiger partial charge in [-0.05, 0) is 51.7 Å². The normalized spacial score (nSPS) is 21.4. The molecule has 1 fully saturated rings. The Morgan fingerprint density at radius 1 is 1.00 bits per heavy atom. The van der Waals surface area contributed by atoms with Gasteiger partial charge in [-0.2, -0.15) is 0 Å². The molecule has 0 spiro atoms. The van der Waals surface area contributed by atoms with Crippen molar-refractivity contribution < 1.29 is 18.1 Å². The summed E-state index contributed by atoms with van der Waals surface area (Å²) < 4.78 is 38.2. The van der Waals surface area contributed by atoms with E-state index in [2.05, 4.69) is 0 Å². The fraction of sp³-hybridized carbons (Fsp3) is 0.538. The topological polar surface area (TPSA) is 18.5 Å². The molecule has 0 unspecified atom stereocenters. The van der Waals surface area contributed by atoms with Gasteiger partial charge in [-0.15, -0.1) is 0 Å². The second-order valence-electron chi connectivity index (χ2n) is 5.72. The van der Waals surface area contributed by atoms with Crippen LogP contribution in [0.1, 0.15) is 33.3 Å². The van der Waals surface area contributed by atoms with Gasteiger partial charge in [-0.1, -0.05) is 6.07 Å². The zero-order valence-electron chi connectivity index (χ0n) is 11.3. The summed E-state index contributed by atoms with van der Waals surface area (Å²) in [7, 11) is -0.663. The molecule has 1 aromatic carbocycles. The highest BCUT2D eigenvalue weighted by Gasteiger charge is 2.51. The molecule has 0 saturated carbocycles. The number of aryl methyl sites for hydroxylation is 1. The third-order valence-electron chi connectivity index (χ3n) is 3.76. The van der Waals surface area contributed by atoms with E-state index >= 15 is 0 Å². The van der Waals surface area contributed by atoms with Gasteiger partial charge in [0.25, 0.3) is 0 Å². The SMILES string of the molecule is Cc1cc(B2OC(C)(C)C(C)(C)O2)cc(F)c1F. The van der Waals surface area contributed by atoms with Gasteiger partial charge in [0, 0.05) is 0 Å². The average Bonchev–Trinajstić information content (AvgIpc) is 2.44. The summed E-state index contributed by atoms with van der Waals surface area (Å²) >= 11 is 0. The maximum Gasteiger partial charge on any atom is 0.494 e. The highest BCUT2D eigenvalue weighted by molar-refractivity contribution is 6.62. The van der Waals surface area contributed by atoms with Gasteiger partial charge in [0.1, 0.15) is 0 Å². The van der Waals surface area contributed by atoms with Crippen molar-refractivity contribution in [3.8, 4) is 0 Å². The van der Waals surface area contributed by atoms with Crippen molar-refractivity contribution in [2.75, 3.05) is 0 Å². The average molecular weight is 254 g/mol. The molecule has 1 aliphatic heterocycles. The van der Waals surface area contributed by atoms with E-state index in [9.17, 15) is 8.78 Å². The highest BCUT2D eigenvalue weighted by atomic mass is 19.2. The molecular formula is C13H17BF2O2. The van der Waals surface area contributed by atoms with E-state index < -0.39 is 30.0 Å². The number of rotatable bonds is 1. The Kier molecular flexibility index (Phi) is 3.02. The lowest BCUT2D eigenvalue weighted by molar-refractivity contribution is 0.00578. The minimum atomic E-state index is -0.875. The van der Waals surface area contributed by atoms with Crippen molar-refractivity contribution in [1.82, 2.24) is 0 Å². The number of benzene rings is 1. The molecule has 98 valence electrons. The van der Waals surface area contributed by atoms with Gasteiger partial charge in [0.2, 0.25) is 0 Å². The zero-order valence-corrected chi connectivity index (χ0v) is 11.3. The Balaban J connectivity index is 2.36. The molecule has 2 nitrogen and oxygen atoms in total. The fourth-order valence-electron chi connectivity index (χ4n) is 1.87. The Bertz CT molecular complexity index is 447. The molecule has 0 atom stereocenters. The van der Waals surface area contributed by atoms with Crippen molar-refractivity contribution in [2.45, 2.75) is 45.8 Å². The third-order valence-corrected chi connectivity index (χ3v) is 3.76. The lowest BCUT2D eigenvalue weighted by atomic mass is 9.78. The summed E-state index contributed by atoms with van der Waals surface area (Å²) in [5.41, 5.74) is -0.225. The van der Waals surface area contributed by atoms with Crippen LogP contribution < -0.4 is 5.46 Å². The molecule has 0 amide bonds. The Labute approximate surface area is 106 Å². The first kappa shape index (κ1) is 13.5. The molecule has 0 radical (unpaired) electrons. The minimum absolute atomic E-state index is 0.250. The summed E-state index contributed by atoms with van der Waals surface area (Å²) in [6, 6.07) is 2.69. The van der Waals surface area contributed by atoms with E-state index in [1.165, 1.54) is 6.92 Å². The van der Waals surface area contributed by atoms with Crippen molar-refractivity contribution in [3.05, 3.63) is 29.3 Å². The van der Waals surface area contributed by atoms with Crippen LogP contribution in [0.5, 0.6) is 0 Å². The van der Waals surface area contributed by atoms with E-state index in [4.69, 9.17) is 9.31 Å². The summed E-state index contributed by atoms with van der Waals surface area (Å²) in [5, 5.41) is 0. The lowest BCUT2D eigenvalue weighted by Gasteiger charge is -2.32. The first-order valence-corrected chi connectivity index (χ1v) is 5.95. The quantitative estimate of drug-likeness (QED) is 0.717. The van der Waals surface area contributed by atoms with Gasteiger partial charge in [-0.3, -0.25) is 0 Å². The molecule has 0 aliphatic carbocycles. The molecule has 1 aliphatic rings. The van der Waals surface area contributed by atoms with Crippen LogP contribution in [0.4, 0.5) is 8.78 Å². The molecule has 1 saturated heterocycles. The van der Waals surface area contributed by atoms with Gasteiger partial charge < -0.3 is 9.31 Å². The predicted octanol–water partition coefficient (Wildman–Crippen LogP) is 2.57. The van der Waals surface area contributed by atoms with Crippen LogP contribution in [0, 0.1) is 18.6 Å². The maximum absolute atomic E-state index is 13.4. The van der Waals surface area contributed by atoms with Gasteiger partial charge in [0.15, 0.2) is 11.6 Å². The van der Waals surface area contributed by atoms with Crippen molar-refractivity contribution >= 4 is 12.6 Å². The van der Waals surface area contributed by atoms with Crippen molar-refractivity contribution in [2.24, 2.45) is 0 Å². The number of halogens is 2. The second kappa shape index (κ2) is 4.03. The molecule has 2 rings (SSSR count). The third kappa shape index (κ3) is 2.06. The Morgan fingerprint density at radius 2 is 1.50 bits per heavy atom. The van der Waals surface area contributed by atoms with E-state index in [1.807, 2.05) is 27.7 Å². The maximum atomic E-state index is 13.4. The molecule has 18 heavy (non-hydrogen) atoms. The molecular weight excluding hydrogens is 237 g/mol. The van der Waals surface area contributed by atoms with Crippen LogP contribution in [0.15, 0.2) is 12.1 Å². The van der Waals surface area contributed by atoms with Crippen molar-refractivity contribution in [1.29, 1.82) is 0 Å². The predicted molar refractivity (Wildman–Crippen MR) is 66.8 cm³/mol. The molecule has 0 aromatic heterocycles. The lowest BCUT2D eigenvalue weighted by Crippen LogP contribution is -2.41. The first-order chi connectivity index (χ1) is 8.14. The van der Waals surface area contributed by atoms with E-state index in [0.717, 1.165) is 6.07 Å². The van der Waals surface area contributed by atoms with Crippen LogP contribution in [0.2, 0.25) is 0 Å². The van der Waals surface area contributed by atoms with Crippen LogP contribution in [0.25, 0.3) is 0 Å². The summed E-state index contributed by atoms with van der Waals surface area (Å²) in [6.45, 7) is 9.19. The van der Waals surface area contributed by atoms with E-state index in [1.54, 1.807) is 6.07 Å². The van der Waals surface area contributed by atoms with E-state index in [0.29, 0.717) is 5.46 Å². The zero-order chi connectivity index (χ0) is 13.7. The van der Waals surface area contributed by atoms with Crippen LogP contribution in [-0.2, 0) is 9.31 Å². The Morgan fingerprint density at radius 3 is 1.94 bits per heavy atom. The molecule has 1 aromatic rings. The van der Waals surface area contributed by atoms with Gasteiger partial charge >= 0.3 is 7.12 Å². The standard InChI is InChI=1S/C13H17BF2O2/c1-8-6-9(7-10(15)11(8)16)14-17-12(2,3)13(4,5)18-14/h6-7H,1-5H3. The largest absolute Gasteiger partial charge is 0.494 e. The van der Waals surface area contributed by atoms with Crippen LogP contribution in [0.3, 0.4) is 0 Å². The second-order valence-corrected chi connectivity index (χ2v) is 5.72. The van der Waals surface area contributed by atoms with Gasteiger partial charge in [-0.25, -0.2) is 8.78 Å². The van der Waals surface area contributed by atoms with E-state index in [-0.39, 0.29) is 5.56 Å². The minimum Gasteiger partial charge on any atom is -0.399 e. The number of hydrogen-bond acceptors (Lipinski definition) is 2. The summed E-state index contributed by atoms with van der Waals surface area (Å²) in [5.74, 6) is -1.70. The van der Waals surface area contributed by atoms with Crippen molar-refractivity contribution in [3.63, 3.8) is 0 Å². The first-order valence-electron chi connectivity index (χ1n) is 5.95. The monoisotopic (exact) mass is 254 g/mol. The summed E-state index contributed by atoms with van der Waals surface area (Å²) in [4.78, 5) is 0. The Hall–Kier alpha value is -0.935. The van der Waals surface area contributed by atoms with Gasteiger partial charge in [0.05, 0.1) is 11.2 Å². The molecule has 0 N–H and O–H groups in total. The number of hydrogen-bond donors (Lipinski definition) is 0. The fourth-order valence-corrected chi connectivity index (χ4v) is 1.87. The van der Waals surface area contributed by atoms with Crippen LogP contribution in [-0.4, -0.2) is 18.3 Å². The molecule has 5 heteroatoms. The smallest absolute Gasteiger partial charge is 0.399 e. The highest BCUT2D eigenvalue weighted by Crippen LogP contribution is 2.36.